The van der Waals surface area contributed by atoms with Crippen molar-refractivity contribution in [2.45, 2.75) is 25.9 Å². The summed E-state index contributed by atoms with van der Waals surface area (Å²) in [5.74, 6) is -0.486. The van der Waals surface area contributed by atoms with E-state index in [0.717, 1.165) is 0 Å². The number of cyclic esters (lactones) is 1. The maximum absolute atomic E-state index is 13.0. The van der Waals surface area contributed by atoms with E-state index < -0.39 is 23.6 Å². The van der Waals surface area contributed by atoms with Crippen molar-refractivity contribution in [1.82, 2.24) is 9.80 Å². The van der Waals surface area contributed by atoms with Crippen LogP contribution in [0.25, 0.3) is 0 Å². The number of rotatable bonds is 2. The number of carbonyl (C=O) groups is 3. The molecule has 0 saturated carbocycles. The number of carboxylic acid groups (broad SMARTS) is 1. The largest absolute Gasteiger partial charge is 0.465 e. The van der Waals surface area contributed by atoms with E-state index in [0.29, 0.717) is 37.2 Å². The first kappa shape index (κ1) is 15.8. The van der Waals surface area contributed by atoms with Gasteiger partial charge in [0.05, 0.1) is 29.3 Å². The summed E-state index contributed by atoms with van der Waals surface area (Å²) in [6, 6.07) is 0. The molecule has 3 aliphatic heterocycles. The molecule has 126 valence electrons. The summed E-state index contributed by atoms with van der Waals surface area (Å²) in [5.41, 5.74) is 0.360. The fourth-order valence-electron chi connectivity index (χ4n) is 3.76. The Balaban J connectivity index is 1.85. The van der Waals surface area contributed by atoms with Crippen LogP contribution in [0.5, 0.6) is 0 Å². The summed E-state index contributed by atoms with van der Waals surface area (Å²) in [6.07, 6.45) is -0.474. The number of piperidine rings is 1. The van der Waals surface area contributed by atoms with Gasteiger partial charge in [-0.1, -0.05) is 0 Å². The van der Waals surface area contributed by atoms with Gasteiger partial charge < -0.3 is 24.4 Å². The van der Waals surface area contributed by atoms with Crippen molar-refractivity contribution in [1.29, 1.82) is 0 Å². The third-order valence-electron chi connectivity index (χ3n) is 5.24. The van der Waals surface area contributed by atoms with Crippen LogP contribution in [0.3, 0.4) is 0 Å². The Bertz CT molecular complexity index is 601. The molecule has 23 heavy (non-hydrogen) atoms. The highest BCUT2D eigenvalue weighted by atomic mass is 16.5. The monoisotopic (exact) mass is 324 g/mol. The zero-order valence-corrected chi connectivity index (χ0v) is 13.2. The van der Waals surface area contributed by atoms with Gasteiger partial charge in [-0.25, -0.2) is 9.59 Å². The highest BCUT2D eigenvalue weighted by molar-refractivity contribution is 5.94. The first-order valence-corrected chi connectivity index (χ1v) is 7.60. The van der Waals surface area contributed by atoms with E-state index in [1.165, 1.54) is 12.0 Å². The van der Waals surface area contributed by atoms with Crippen LogP contribution in [-0.2, 0) is 19.1 Å². The lowest BCUT2D eigenvalue weighted by atomic mass is 9.74. The minimum Gasteiger partial charge on any atom is -0.465 e. The normalized spacial score (nSPS) is 31.3. The lowest BCUT2D eigenvalue weighted by molar-refractivity contribution is -0.147. The van der Waals surface area contributed by atoms with E-state index in [-0.39, 0.29) is 19.1 Å². The van der Waals surface area contributed by atoms with Gasteiger partial charge >= 0.3 is 12.1 Å². The van der Waals surface area contributed by atoms with Crippen LogP contribution in [0.4, 0.5) is 4.79 Å². The fourth-order valence-corrected chi connectivity index (χ4v) is 3.76. The smallest absolute Gasteiger partial charge is 0.407 e. The average Bonchev–Trinajstić information content (AvgIpc) is 3.02. The van der Waals surface area contributed by atoms with E-state index in [1.807, 2.05) is 0 Å². The van der Waals surface area contributed by atoms with Crippen LogP contribution in [-0.4, -0.2) is 72.3 Å². The van der Waals surface area contributed by atoms with Crippen molar-refractivity contribution in [2.24, 2.45) is 5.41 Å². The quantitative estimate of drug-likeness (QED) is 0.740. The highest BCUT2D eigenvalue weighted by Gasteiger charge is 2.56. The van der Waals surface area contributed by atoms with Gasteiger partial charge in [0.1, 0.15) is 6.61 Å². The van der Waals surface area contributed by atoms with Gasteiger partial charge in [-0.2, -0.15) is 0 Å². The maximum atomic E-state index is 13.0. The predicted molar refractivity (Wildman–Crippen MR) is 77.4 cm³/mol. The SMILES string of the molecule is COC1CN(C(=O)O)CCC12CCN(C1=C(C)C(=O)OC1)C2=O. The summed E-state index contributed by atoms with van der Waals surface area (Å²) >= 11 is 0. The molecule has 2 atom stereocenters. The molecule has 0 bridgehead atoms. The predicted octanol–water partition coefficient (Wildman–Crippen LogP) is 0.435. The van der Waals surface area contributed by atoms with Crippen molar-refractivity contribution in [3.8, 4) is 0 Å². The van der Waals surface area contributed by atoms with E-state index in [2.05, 4.69) is 0 Å². The summed E-state index contributed by atoms with van der Waals surface area (Å²) in [4.78, 5) is 38.6. The second-order valence-corrected chi connectivity index (χ2v) is 6.21. The minimum absolute atomic E-state index is 0.0953. The topological polar surface area (TPSA) is 96.4 Å². The van der Waals surface area contributed by atoms with Crippen LogP contribution in [0.1, 0.15) is 19.8 Å². The summed E-state index contributed by atoms with van der Waals surface area (Å²) < 4.78 is 10.5. The number of ether oxygens (including phenoxy) is 2. The Hall–Kier alpha value is -2.09. The van der Waals surface area contributed by atoms with Gasteiger partial charge in [-0.05, 0) is 19.8 Å². The van der Waals surface area contributed by atoms with Gasteiger partial charge in [0, 0.05) is 20.2 Å². The second kappa shape index (κ2) is 5.52. The number of methoxy groups -OCH3 is 1. The minimum atomic E-state index is -1.00. The van der Waals surface area contributed by atoms with Crippen LogP contribution in [0.15, 0.2) is 11.3 Å². The van der Waals surface area contributed by atoms with Gasteiger partial charge in [-0.3, -0.25) is 4.79 Å². The Labute approximate surface area is 133 Å². The van der Waals surface area contributed by atoms with Crippen molar-refractivity contribution in [3.63, 3.8) is 0 Å². The lowest BCUT2D eigenvalue weighted by Crippen LogP contribution is -2.56. The van der Waals surface area contributed by atoms with Gasteiger partial charge in [0.25, 0.3) is 0 Å². The molecule has 2 fully saturated rings. The van der Waals surface area contributed by atoms with Crippen LogP contribution < -0.4 is 0 Å². The molecule has 1 N–H and O–H groups in total. The number of carbonyl (C=O) groups excluding carboxylic acids is 2. The third-order valence-corrected chi connectivity index (χ3v) is 5.24. The van der Waals surface area contributed by atoms with Crippen LogP contribution in [0, 0.1) is 5.41 Å². The molecule has 8 heteroatoms. The summed E-state index contributed by atoms with van der Waals surface area (Å²) in [7, 11) is 1.50. The Kier molecular flexibility index (Phi) is 3.79. The zero-order valence-electron chi connectivity index (χ0n) is 13.2. The fraction of sp³-hybridized carbons (Fsp3) is 0.667. The lowest BCUT2D eigenvalue weighted by Gasteiger charge is -2.42. The van der Waals surface area contributed by atoms with Crippen molar-refractivity contribution in [2.75, 3.05) is 33.4 Å². The van der Waals surface area contributed by atoms with E-state index in [1.54, 1.807) is 11.8 Å². The molecular formula is C15H20N2O6. The molecule has 0 aromatic heterocycles. The molecule has 3 rings (SSSR count). The molecular weight excluding hydrogens is 304 g/mol. The van der Waals surface area contributed by atoms with E-state index >= 15 is 0 Å². The van der Waals surface area contributed by atoms with Gasteiger partial charge in [0.15, 0.2) is 0 Å². The summed E-state index contributed by atoms with van der Waals surface area (Å²) in [5, 5.41) is 9.15. The van der Waals surface area contributed by atoms with Crippen molar-refractivity contribution >= 4 is 18.0 Å². The zero-order chi connectivity index (χ0) is 16.8. The van der Waals surface area contributed by atoms with E-state index in [9.17, 15) is 14.4 Å². The number of amides is 2. The Morgan fingerprint density at radius 2 is 2.04 bits per heavy atom. The van der Waals surface area contributed by atoms with Gasteiger partial charge in [-0.15, -0.1) is 0 Å². The highest BCUT2D eigenvalue weighted by Crippen LogP contribution is 2.44. The Morgan fingerprint density at radius 3 is 2.61 bits per heavy atom. The van der Waals surface area contributed by atoms with Crippen LogP contribution in [0.2, 0.25) is 0 Å². The number of esters is 1. The number of likely N-dealkylation sites (tertiary alicyclic amines) is 2. The summed E-state index contributed by atoms with van der Waals surface area (Å²) in [6.45, 7) is 2.76. The number of hydrogen-bond donors (Lipinski definition) is 1. The molecule has 2 saturated heterocycles. The molecule has 3 aliphatic rings. The molecule has 0 aromatic rings. The molecule has 3 heterocycles. The molecule has 0 radical (unpaired) electrons. The average molecular weight is 324 g/mol. The van der Waals surface area contributed by atoms with Gasteiger partial charge in [0.2, 0.25) is 5.91 Å². The maximum Gasteiger partial charge on any atom is 0.407 e. The Morgan fingerprint density at radius 1 is 1.35 bits per heavy atom. The molecule has 2 unspecified atom stereocenters. The first-order chi connectivity index (χ1) is 10.9. The number of hydrogen-bond acceptors (Lipinski definition) is 5. The third kappa shape index (κ3) is 2.28. The van der Waals surface area contributed by atoms with Crippen LogP contribution >= 0.6 is 0 Å². The molecule has 1 spiro atoms. The molecule has 2 amide bonds. The van der Waals surface area contributed by atoms with Crippen molar-refractivity contribution < 1.29 is 29.0 Å². The molecule has 0 aromatic carbocycles. The molecule has 0 aliphatic carbocycles. The van der Waals surface area contributed by atoms with Crippen molar-refractivity contribution in [3.05, 3.63) is 11.3 Å². The number of nitrogens with zero attached hydrogens (tertiary/aromatic N) is 2. The second-order valence-electron chi connectivity index (χ2n) is 6.21. The standard InChI is InChI=1S/C15H20N2O6/c1-9-10(8-23-12(9)18)17-6-4-15(13(17)19)3-5-16(14(20)21)7-11(15)22-2/h11H,3-8H2,1-2H3,(H,20,21). The molecule has 8 nitrogen and oxygen atoms in total. The van der Waals surface area contributed by atoms with E-state index in [4.69, 9.17) is 14.6 Å². The first-order valence-electron chi connectivity index (χ1n) is 7.60.